The van der Waals surface area contributed by atoms with Crippen LogP contribution in [0.2, 0.25) is 0 Å². The Kier molecular flexibility index (Phi) is 3.21. The molecular weight excluding hydrogens is 298 g/mol. The number of carbonyl (C=O) groups excluding carboxylic acids is 3. The molecule has 3 heterocycles. The molecule has 2 saturated heterocycles. The van der Waals surface area contributed by atoms with E-state index in [1.165, 1.54) is 0 Å². The number of rotatable bonds is 2. The standard InChI is InChI=1S/C16H17N3O4/c20-12-5-4-11(14(21)18-12)19-15(22)10-3-1-2-9(8-6-17-7-8)13(10)16(19)23/h1-3,8,11,14,17,21H,4-7H2,(H,18,20). The molecule has 7 nitrogen and oxygen atoms in total. The highest BCUT2D eigenvalue weighted by Crippen LogP contribution is 2.34. The molecule has 0 radical (unpaired) electrons. The molecule has 0 aliphatic carbocycles. The van der Waals surface area contributed by atoms with Crippen molar-refractivity contribution in [1.29, 1.82) is 0 Å². The van der Waals surface area contributed by atoms with Crippen molar-refractivity contribution in [3.63, 3.8) is 0 Å². The van der Waals surface area contributed by atoms with E-state index in [9.17, 15) is 19.5 Å². The van der Waals surface area contributed by atoms with Crippen molar-refractivity contribution >= 4 is 17.7 Å². The second-order valence-electron chi connectivity index (χ2n) is 6.22. The summed E-state index contributed by atoms with van der Waals surface area (Å²) in [6.45, 7) is 1.58. The first-order valence-electron chi connectivity index (χ1n) is 7.77. The van der Waals surface area contributed by atoms with Crippen molar-refractivity contribution in [3.05, 3.63) is 34.9 Å². The molecule has 1 aromatic carbocycles. The van der Waals surface area contributed by atoms with Crippen molar-refractivity contribution in [2.75, 3.05) is 13.1 Å². The van der Waals surface area contributed by atoms with Gasteiger partial charge in [-0.1, -0.05) is 12.1 Å². The molecule has 2 unspecified atom stereocenters. The molecule has 0 bridgehead atoms. The lowest BCUT2D eigenvalue weighted by molar-refractivity contribution is -0.129. The Morgan fingerprint density at radius 2 is 1.91 bits per heavy atom. The average molecular weight is 315 g/mol. The average Bonchev–Trinajstić information content (AvgIpc) is 2.71. The second kappa shape index (κ2) is 5.14. The topological polar surface area (TPSA) is 98.7 Å². The van der Waals surface area contributed by atoms with E-state index in [4.69, 9.17) is 0 Å². The van der Waals surface area contributed by atoms with Crippen LogP contribution in [0.1, 0.15) is 45.0 Å². The van der Waals surface area contributed by atoms with Crippen molar-refractivity contribution in [2.45, 2.75) is 31.0 Å². The molecule has 0 saturated carbocycles. The quantitative estimate of drug-likeness (QED) is 0.643. The number of nitrogens with one attached hydrogen (secondary N) is 2. The fourth-order valence-corrected chi connectivity index (χ4v) is 3.52. The molecule has 3 N–H and O–H groups in total. The third kappa shape index (κ3) is 2.08. The summed E-state index contributed by atoms with van der Waals surface area (Å²) in [6.07, 6.45) is -0.750. The third-order valence-corrected chi connectivity index (χ3v) is 4.87. The van der Waals surface area contributed by atoms with Crippen LogP contribution in [0.25, 0.3) is 0 Å². The summed E-state index contributed by atoms with van der Waals surface area (Å²) in [6, 6.07) is 4.62. The van der Waals surface area contributed by atoms with E-state index in [2.05, 4.69) is 10.6 Å². The van der Waals surface area contributed by atoms with Gasteiger partial charge in [0.2, 0.25) is 5.91 Å². The molecule has 1 aromatic rings. The number of aliphatic hydroxyl groups excluding tert-OH is 1. The van der Waals surface area contributed by atoms with Crippen LogP contribution < -0.4 is 10.6 Å². The Morgan fingerprint density at radius 3 is 2.57 bits per heavy atom. The lowest BCUT2D eigenvalue weighted by Gasteiger charge is -2.34. The zero-order valence-electron chi connectivity index (χ0n) is 12.4. The van der Waals surface area contributed by atoms with Crippen LogP contribution in [0.4, 0.5) is 0 Å². The number of hydrogen-bond acceptors (Lipinski definition) is 5. The highest BCUT2D eigenvalue weighted by atomic mass is 16.3. The molecule has 0 aromatic heterocycles. The summed E-state index contributed by atoms with van der Waals surface area (Å²) >= 11 is 0. The number of hydrogen-bond donors (Lipinski definition) is 3. The Bertz CT molecular complexity index is 713. The first-order valence-corrected chi connectivity index (χ1v) is 7.77. The van der Waals surface area contributed by atoms with Gasteiger partial charge in [-0.3, -0.25) is 19.3 Å². The number of nitrogens with zero attached hydrogens (tertiary/aromatic N) is 1. The van der Waals surface area contributed by atoms with Crippen LogP contribution in [-0.2, 0) is 4.79 Å². The van der Waals surface area contributed by atoms with E-state index >= 15 is 0 Å². The number of fused-ring (bicyclic) bond motifs is 1. The summed E-state index contributed by atoms with van der Waals surface area (Å²) in [4.78, 5) is 38.0. The molecule has 3 aliphatic rings. The van der Waals surface area contributed by atoms with Crippen molar-refractivity contribution in [2.24, 2.45) is 0 Å². The molecule has 2 fully saturated rings. The maximum Gasteiger partial charge on any atom is 0.262 e. The minimum atomic E-state index is -1.22. The minimum absolute atomic E-state index is 0.189. The summed E-state index contributed by atoms with van der Waals surface area (Å²) in [5, 5.41) is 15.6. The molecule has 3 aliphatic heterocycles. The van der Waals surface area contributed by atoms with E-state index in [0.717, 1.165) is 23.6 Å². The Labute approximate surface area is 132 Å². The van der Waals surface area contributed by atoms with Crippen LogP contribution in [0.3, 0.4) is 0 Å². The largest absolute Gasteiger partial charge is 0.372 e. The number of carbonyl (C=O) groups is 3. The van der Waals surface area contributed by atoms with Gasteiger partial charge in [0.05, 0.1) is 17.2 Å². The highest BCUT2D eigenvalue weighted by Gasteiger charge is 2.46. The van der Waals surface area contributed by atoms with Crippen LogP contribution in [-0.4, -0.2) is 53.1 Å². The number of piperidine rings is 1. The van der Waals surface area contributed by atoms with Crippen LogP contribution in [0, 0.1) is 0 Å². The van der Waals surface area contributed by atoms with Gasteiger partial charge in [-0.2, -0.15) is 0 Å². The van der Waals surface area contributed by atoms with E-state index in [0.29, 0.717) is 11.1 Å². The molecule has 120 valence electrons. The van der Waals surface area contributed by atoms with Gasteiger partial charge in [0.25, 0.3) is 11.8 Å². The Morgan fingerprint density at radius 1 is 1.13 bits per heavy atom. The zero-order chi connectivity index (χ0) is 16.1. The van der Waals surface area contributed by atoms with Gasteiger partial charge >= 0.3 is 0 Å². The summed E-state index contributed by atoms with van der Waals surface area (Å²) in [5.41, 5.74) is 1.73. The Balaban J connectivity index is 1.71. The monoisotopic (exact) mass is 315 g/mol. The van der Waals surface area contributed by atoms with Crippen LogP contribution in [0.15, 0.2) is 18.2 Å². The van der Waals surface area contributed by atoms with E-state index in [-0.39, 0.29) is 36.5 Å². The smallest absolute Gasteiger partial charge is 0.262 e. The number of aliphatic hydroxyl groups is 1. The number of imide groups is 1. The molecular formula is C16H17N3O4. The molecule has 3 amide bonds. The Hall–Kier alpha value is -2.25. The molecule has 0 spiro atoms. The van der Waals surface area contributed by atoms with Crippen molar-refractivity contribution in [1.82, 2.24) is 15.5 Å². The van der Waals surface area contributed by atoms with Crippen molar-refractivity contribution < 1.29 is 19.5 Å². The zero-order valence-corrected chi connectivity index (χ0v) is 12.4. The van der Waals surface area contributed by atoms with E-state index < -0.39 is 12.3 Å². The van der Waals surface area contributed by atoms with Crippen LogP contribution in [0.5, 0.6) is 0 Å². The lowest BCUT2D eigenvalue weighted by atomic mass is 9.88. The van der Waals surface area contributed by atoms with Gasteiger partial charge in [-0.25, -0.2) is 0 Å². The van der Waals surface area contributed by atoms with Gasteiger partial charge in [-0.05, 0) is 18.1 Å². The fourth-order valence-electron chi connectivity index (χ4n) is 3.52. The second-order valence-corrected chi connectivity index (χ2v) is 6.22. The van der Waals surface area contributed by atoms with E-state index in [1.54, 1.807) is 12.1 Å². The number of amides is 3. The van der Waals surface area contributed by atoms with Crippen LogP contribution >= 0.6 is 0 Å². The third-order valence-electron chi connectivity index (χ3n) is 4.87. The highest BCUT2D eigenvalue weighted by molar-refractivity contribution is 6.22. The van der Waals surface area contributed by atoms with Gasteiger partial charge in [0, 0.05) is 25.4 Å². The molecule has 23 heavy (non-hydrogen) atoms. The molecule has 4 rings (SSSR count). The minimum Gasteiger partial charge on any atom is -0.372 e. The molecule has 7 heteroatoms. The van der Waals surface area contributed by atoms with Crippen molar-refractivity contribution in [3.8, 4) is 0 Å². The number of benzene rings is 1. The predicted octanol–water partition coefficient (Wildman–Crippen LogP) is -0.434. The summed E-state index contributed by atoms with van der Waals surface area (Å²) in [5.74, 6) is -0.795. The summed E-state index contributed by atoms with van der Waals surface area (Å²) < 4.78 is 0. The maximum absolute atomic E-state index is 12.9. The van der Waals surface area contributed by atoms with Gasteiger partial charge in [0.1, 0.15) is 6.23 Å². The van der Waals surface area contributed by atoms with E-state index in [1.807, 2.05) is 6.07 Å². The summed E-state index contributed by atoms with van der Waals surface area (Å²) in [7, 11) is 0. The first-order chi connectivity index (χ1) is 11.1. The predicted molar refractivity (Wildman–Crippen MR) is 79.7 cm³/mol. The van der Waals surface area contributed by atoms with Gasteiger partial charge in [-0.15, -0.1) is 0 Å². The normalized spacial score (nSPS) is 27.7. The van der Waals surface area contributed by atoms with Gasteiger partial charge in [0.15, 0.2) is 0 Å². The lowest BCUT2D eigenvalue weighted by Crippen LogP contribution is -2.57. The SMILES string of the molecule is O=C1CCC(N2C(=O)c3cccc(C4CNC4)c3C2=O)C(O)N1. The fraction of sp³-hybridized carbons (Fsp3) is 0.438. The molecule has 2 atom stereocenters. The van der Waals surface area contributed by atoms with Gasteiger partial charge < -0.3 is 15.7 Å². The maximum atomic E-state index is 12.9. The first kappa shape index (κ1) is 14.3.